The van der Waals surface area contributed by atoms with Gasteiger partial charge in [-0.05, 0) is 32.1 Å². The summed E-state index contributed by atoms with van der Waals surface area (Å²) in [5.74, 6) is 0.0904. The minimum Gasteiger partial charge on any atom is -0.455 e. The summed E-state index contributed by atoms with van der Waals surface area (Å²) >= 11 is 0. The number of hydrogen-bond acceptors (Lipinski definition) is 4. The molecule has 4 heteroatoms. The zero-order valence-electron chi connectivity index (χ0n) is 12.4. The molecule has 0 spiro atoms. The van der Waals surface area contributed by atoms with Gasteiger partial charge in [-0.2, -0.15) is 0 Å². The quantitative estimate of drug-likeness (QED) is 0.633. The van der Waals surface area contributed by atoms with E-state index in [4.69, 9.17) is 9.47 Å². The van der Waals surface area contributed by atoms with Crippen molar-refractivity contribution in [2.45, 2.75) is 62.8 Å². The predicted molar refractivity (Wildman–Crippen MR) is 74.1 cm³/mol. The smallest absolute Gasteiger partial charge is 0.330 e. The predicted octanol–water partition coefficient (Wildman–Crippen LogP) is 2.20. The van der Waals surface area contributed by atoms with E-state index in [0.29, 0.717) is 25.4 Å². The Balaban J connectivity index is 1.99. The van der Waals surface area contributed by atoms with Crippen LogP contribution in [0.5, 0.6) is 0 Å². The van der Waals surface area contributed by atoms with Crippen LogP contribution in [0.2, 0.25) is 0 Å². The molecule has 5 unspecified atom stereocenters. The summed E-state index contributed by atoms with van der Waals surface area (Å²) in [6, 6.07) is 0. The lowest BCUT2D eigenvalue weighted by atomic mass is 9.46. The third kappa shape index (κ3) is 1.85. The van der Waals surface area contributed by atoms with E-state index >= 15 is 0 Å². The van der Waals surface area contributed by atoms with Crippen molar-refractivity contribution in [2.75, 3.05) is 6.61 Å². The molecule has 0 amide bonds. The minimum absolute atomic E-state index is 0.107. The molecule has 0 saturated heterocycles. The van der Waals surface area contributed by atoms with Gasteiger partial charge in [0, 0.05) is 31.4 Å². The zero-order valence-corrected chi connectivity index (χ0v) is 12.4. The number of hydrogen-bond donors (Lipinski definition) is 1. The van der Waals surface area contributed by atoms with Crippen LogP contribution in [-0.4, -0.2) is 34.5 Å². The Bertz CT molecular complexity index is 448. The van der Waals surface area contributed by atoms with E-state index in [1.165, 1.54) is 6.08 Å². The summed E-state index contributed by atoms with van der Waals surface area (Å²) in [6.45, 7) is 8.20. The number of ether oxygens (including phenoxy) is 2. The van der Waals surface area contributed by atoms with E-state index in [-0.39, 0.29) is 11.5 Å². The molecule has 0 aromatic carbocycles. The minimum atomic E-state index is -0.746. The van der Waals surface area contributed by atoms with Gasteiger partial charge >= 0.3 is 5.97 Å². The Morgan fingerprint density at radius 1 is 1.35 bits per heavy atom. The Hall–Kier alpha value is -0.870. The summed E-state index contributed by atoms with van der Waals surface area (Å²) in [6.07, 6.45) is 5.03. The average molecular weight is 280 g/mol. The number of esters is 1. The monoisotopic (exact) mass is 280 g/mol. The first kappa shape index (κ1) is 14.1. The summed E-state index contributed by atoms with van der Waals surface area (Å²) in [7, 11) is 0. The molecule has 0 aliphatic heterocycles. The zero-order chi connectivity index (χ0) is 14.6. The Labute approximate surface area is 120 Å². The van der Waals surface area contributed by atoms with Crippen molar-refractivity contribution in [3.63, 3.8) is 0 Å². The van der Waals surface area contributed by atoms with Crippen molar-refractivity contribution in [1.29, 1.82) is 0 Å². The van der Waals surface area contributed by atoms with Gasteiger partial charge in [-0.15, -0.1) is 0 Å². The average Bonchev–Trinajstić information content (AvgIpc) is 2.34. The van der Waals surface area contributed by atoms with E-state index in [9.17, 15) is 9.90 Å². The van der Waals surface area contributed by atoms with Crippen LogP contribution in [0.3, 0.4) is 0 Å². The van der Waals surface area contributed by atoms with Gasteiger partial charge in [0.2, 0.25) is 0 Å². The van der Waals surface area contributed by atoms with Gasteiger partial charge in [0.1, 0.15) is 5.60 Å². The van der Waals surface area contributed by atoms with Crippen molar-refractivity contribution in [3.8, 4) is 0 Å². The second kappa shape index (κ2) is 4.31. The fraction of sp³-hybridized carbons (Fsp3) is 0.812. The molecular weight excluding hydrogens is 256 g/mol. The fourth-order valence-corrected chi connectivity index (χ4v) is 5.27. The maximum atomic E-state index is 11.7. The first-order chi connectivity index (χ1) is 9.37. The lowest BCUT2D eigenvalue weighted by molar-refractivity contribution is -0.300. The highest BCUT2D eigenvalue weighted by Gasteiger charge is 2.69. The second-order valence-corrected chi connectivity index (χ2v) is 6.97. The first-order valence-corrected chi connectivity index (χ1v) is 7.59. The lowest BCUT2D eigenvalue weighted by Crippen LogP contribution is -2.72. The molecule has 4 fully saturated rings. The van der Waals surface area contributed by atoms with Gasteiger partial charge < -0.3 is 14.6 Å². The molecular formula is C16H24O4. The molecule has 0 heterocycles. The van der Waals surface area contributed by atoms with Gasteiger partial charge in [-0.3, -0.25) is 0 Å². The highest BCUT2D eigenvalue weighted by molar-refractivity contribution is 5.81. The third-order valence-electron chi connectivity index (χ3n) is 5.67. The van der Waals surface area contributed by atoms with Crippen LogP contribution >= 0.6 is 0 Å². The van der Waals surface area contributed by atoms with E-state index in [1.54, 1.807) is 0 Å². The van der Waals surface area contributed by atoms with Crippen molar-refractivity contribution in [2.24, 2.45) is 11.8 Å². The van der Waals surface area contributed by atoms with Crippen molar-refractivity contribution < 1.29 is 19.4 Å². The van der Waals surface area contributed by atoms with Gasteiger partial charge in [0.15, 0.2) is 0 Å². The maximum absolute atomic E-state index is 11.7. The van der Waals surface area contributed by atoms with E-state index < -0.39 is 17.2 Å². The SMILES string of the molecule is C=CC(=O)OC12CC3CC(O)(CC(OCC)(C3)C1C)C2. The molecule has 0 radical (unpaired) electrons. The van der Waals surface area contributed by atoms with Gasteiger partial charge in [0.05, 0.1) is 11.2 Å². The van der Waals surface area contributed by atoms with Crippen LogP contribution in [0.1, 0.15) is 46.0 Å². The molecule has 20 heavy (non-hydrogen) atoms. The maximum Gasteiger partial charge on any atom is 0.330 e. The molecule has 4 aliphatic rings. The highest BCUT2D eigenvalue weighted by Crippen LogP contribution is 2.64. The largest absolute Gasteiger partial charge is 0.455 e. The highest BCUT2D eigenvalue weighted by atomic mass is 16.6. The molecule has 4 rings (SSSR count). The lowest BCUT2D eigenvalue weighted by Gasteiger charge is -2.66. The van der Waals surface area contributed by atoms with E-state index in [1.807, 2.05) is 6.92 Å². The van der Waals surface area contributed by atoms with Crippen molar-refractivity contribution in [3.05, 3.63) is 12.7 Å². The van der Waals surface area contributed by atoms with Crippen LogP contribution in [0, 0.1) is 11.8 Å². The molecule has 4 aliphatic carbocycles. The Morgan fingerprint density at radius 3 is 2.60 bits per heavy atom. The van der Waals surface area contributed by atoms with Crippen LogP contribution in [0.25, 0.3) is 0 Å². The number of carbonyl (C=O) groups excluding carboxylic acids is 1. The van der Waals surface area contributed by atoms with Crippen LogP contribution in [0.15, 0.2) is 12.7 Å². The molecule has 0 aromatic heterocycles. The summed E-state index contributed by atoms with van der Waals surface area (Å²) in [5, 5.41) is 10.9. The summed E-state index contributed by atoms with van der Waals surface area (Å²) in [5.41, 5.74) is -1.68. The number of carbonyl (C=O) groups is 1. The van der Waals surface area contributed by atoms with Gasteiger partial charge in [-0.25, -0.2) is 4.79 Å². The molecule has 4 saturated carbocycles. The van der Waals surface area contributed by atoms with Crippen LogP contribution < -0.4 is 0 Å². The summed E-state index contributed by atoms with van der Waals surface area (Å²) < 4.78 is 11.8. The molecule has 4 bridgehead atoms. The topological polar surface area (TPSA) is 55.8 Å². The standard InChI is InChI=1S/C16H24O4/c1-4-13(17)20-16-8-12-6-14(18,10-16)9-15(7-12,11(16)3)19-5-2/h4,11-12,18H,1,5-10H2,2-3H3. The number of rotatable bonds is 4. The molecule has 0 aromatic rings. The van der Waals surface area contributed by atoms with Crippen LogP contribution in [0.4, 0.5) is 0 Å². The van der Waals surface area contributed by atoms with Crippen LogP contribution in [-0.2, 0) is 14.3 Å². The molecule has 4 nitrogen and oxygen atoms in total. The third-order valence-corrected chi connectivity index (χ3v) is 5.67. The van der Waals surface area contributed by atoms with Gasteiger partial charge in [0.25, 0.3) is 0 Å². The van der Waals surface area contributed by atoms with Crippen molar-refractivity contribution >= 4 is 5.97 Å². The summed E-state index contributed by atoms with van der Waals surface area (Å²) in [4.78, 5) is 11.7. The Kier molecular flexibility index (Phi) is 3.04. The molecule has 5 atom stereocenters. The number of aliphatic hydroxyl groups is 1. The fourth-order valence-electron chi connectivity index (χ4n) is 5.27. The Morgan fingerprint density at radius 2 is 2.00 bits per heavy atom. The van der Waals surface area contributed by atoms with E-state index in [2.05, 4.69) is 13.5 Å². The normalized spacial score (nSPS) is 49.1. The van der Waals surface area contributed by atoms with Gasteiger partial charge in [-0.1, -0.05) is 13.5 Å². The van der Waals surface area contributed by atoms with E-state index in [0.717, 1.165) is 19.3 Å². The first-order valence-electron chi connectivity index (χ1n) is 7.59. The molecule has 1 N–H and O–H groups in total. The van der Waals surface area contributed by atoms with Crippen molar-refractivity contribution in [1.82, 2.24) is 0 Å². The second-order valence-electron chi connectivity index (χ2n) is 6.97. The molecule has 112 valence electrons.